The highest BCUT2D eigenvalue weighted by Crippen LogP contribution is 2.27. The molecule has 2 heteroatoms. The first-order valence-electron chi connectivity index (χ1n) is 5.49. The molecular weight excluding hydrogens is 228 g/mol. The molecule has 2 aromatic carbocycles. The number of benzene rings is 2. The predicted octanol–water partition coefficient (Wildman–Crippen LogP) is 3.84. The standard InChI is InChI=1S/C15H14OS/c16-12-4-5-13-8-10-15(11-9-13)17-14-6-2-1-3-7-14/h1-11,16H,12H2. The van der Waals surface area contributed by atoms with E-state index in [9.17, 15) is 0 Å². The van der Waals surface area contributed by atoms with Crippen LogP contribution in [0.3, 0.4) is 0 Å². The molecule has 0 fully saturated rings. The van der Waals surface area contributed by atoms with Crippen molar-refractivity contribution in [2.24, 2.45) is 0 Å². The first kappa shape index (κ1) is 12.0. The van der Waals surface area contributed by atoms with Crippen LogP contribution >= 0.6 is 11.8 Å². The van der Waals surface area contributed by atoms with Crippen LogP contribution in [0.25, 0.3) is 6.08 Å². The summed E-state index contributed by atoms with van der Waals surface area (Å²) in [4.78, 5) is 2.46. The first-order chi connectivity index (χ1) is 8.38. The van der Waals surface area contributed by atoms with E-state index >= 15 is 0 Å². The van der Waals surface area contributed by atoms with Crippen LogP contribution in [0.4, 0.5) is 0 Å². The minimum absolute atomic E-state index is 0.0838. The van der Waals surface area contributed by atoms with Gasteiger partial charge in [0.15, 0.2) is 0 Å². The van der Waals surface area contributed by atoms with Gasteiger partial charge in [0.2, 0.25) is 0 Å². The number of hydrogen-bond donors (Lipinski definition) is 1. The number of rotatable bonds is 4. The molecule has 86 valence electrons. The van der Waals surface area contributed by atoms with Crippen molar-refractivity contribution < 1.29 is 5.11 Å². The zero-order chi connectivity index (χ0) is 11.9. The lowest BCUT2D eigenvalue weighted by atomic mass is 10.2. The summed E-state index contributed by atoms with van der Waals surface area (Å²) in [5.41, 5.74) is 1.11. The Bertz CT molecular complexity index is 474. The molecule has 2 rings (SSSR count). The van der Waals surface area contributed by atoms with Crippen LogP contribution in [0.15, 0.2) is 70.5 Å². The predicted molar refractivity (Wildman–Crippen MR) is 73.1 cm³/mol. The average molecular weight is 242 g/mol. The van der Waals surface area contributed by atoms with Crippen LogP contribution < -0.4 is 0 Å². The summed E-state index contributed by atoms with van der Waals surface area (Å²) >= 11 is 1.75. The molecular formula is C15H14OS. The highest BCUT2D eigenvalue weighted by molar-refractivity contribution is 7.99. The molecule has 0 radical (unpaired) electrons. The summed E-state index contributed by atoms with van der Waals surface area (Å²) in [7, 11) is 0. The number of hydrogen-bond acceptors (Lipinski definition) is 2. The van der Waals surface area contributed by atoms with Crippen molar-refractivity contribution in [3.63, 3.8) is 0 Å². The summed E-state index contributed by atoms with van der Waals surface area (Å²) in [5, 5.41) is 8.69. The van der Waals surface area contributed by atoms with Crippen LogP contribution in [0.1, 0.15) is 5.56 Å². The first-order valence-corrected chi connectivity index (χ1v) is 6.30. The minimum atomic E-state index is 0.0838. The molecule has 0 saturated heterocycles. The van der Waals surface area contributed by atoms with Gasteiger partial charge in [0.25, 0.3) is 0 Å². The van der Waals surface area contributed by atoms with E-state index in [0.29, 0.717) is 0 Å². The van der Waals surface area contributed by atoms with Crippen LogP contribution in [0, 0.1) is 0 Å². The van der Waals surface area contributed by atoms with Gasteiger partial charge < -0.3 is 5.11 Å². The number of aliphatic hydroxyl groups is 1. The van der Waals surface area contributed by atoms with Crippen molar-refractivity contribution in [2.75, 3.05) is 6.61 Å². The topological polar surface area (TPSA) is 20.2 Å². The van der Waals surface area contributed by atoms with Crippen LogP contribution in [-0.2, 0) is 0 Å². The van der Waals surface area contributed by atoms with Crippen LogP contribution in [0.5, 0.6) is 0 Å². The zero-order valence-corrected chi connectivity index (χ0v) is 10.2. The maximum atomic E-state index is 8.69. The van der Waals surface area contributed by atoms with Gasteiger partial charge in [0.05, 0.1) is 6.61 Å². The molecule has 0 unspecified atom stereocenters. The van der Waals surface area contributed by atoms with E-state index in [4.69, 9.17) is 5.11 Å². The summed E-state index contributed by atoms with van der Waals surface area (Å²) in [6, 6.07) is 18.6. The maximum absolute atomic E-state index is 8.69. The van der Waals surface area contributed by atoms with Crippen molar-refractivity contribution in [1.82, 2.24) is 0 Å². The monoisotopic (exact) mass is 242 g/mol. The van der Waals surface area contributed by atoms with Gasteiger partial charge in [-0.25, -0.2) is 0 Å². The molecule has 1 nitrogen and oxygen atoms in total. The summed E-state index contributed by atoms with van der Waals surface area (Å²) < 4.78 is 0. The molecule has 0 saturated carbocycles. The lowest BCUT2D eigenvalue weighted by Gasteiger charge is -2.01. The van der Waals surface area contributed by atoms with Gasteiger partial charge in [0.1, 0.15) is 0 Å². The minimum Gasteiger partial charge on any atom is -0.392 e. The van der Waals surface area contributed by atoms with E-state index in [0.717, 1.165) is 5.56 Å². The van der Waals surface area contributed by atoms with Crippen molar-refractivity contribution in [1.29, 1.82) is 0 Å². The van der Waals surface area contributed by atoms with E-state index in [1.807, 2.05) is 24.3 Å². The molecule has 0 aromatic heterocycles. The van der Waals surface area contributed by atoms with E-state index in [1.54, 1.807) is 17.8 Å². The van der Waals surface area contributed by atoms with Crippen molar-refractivity contribution in [3.05, 3.63) is 66.2 Å². The fraction of sp³-hybridized carbons (Fsp3) is 0.0667. The van der Waals surface area contributed by atoms with Gasteiger partial charge in [0, 0.05) is 9.79 Å². The van der Waals surface area contributed by atoms with E-state index in [2.05, 4.69) is 36.4 Å². The van der Waals surface area contributed by atoms with Crippen molar-refractivity contribution in [3.8, 4) is 0 Å². The van der Waals surface area contributed by atoms with E-state index in [-0.39, 0.29) is 6.61 Å². The maximum Gasteiger partial charge on any atom is 0.0615 e. The molecule has 0 bridgehead atoms. The van der Waals surface area contributed by atoms with Gasteiger partial charge >= 0.3 is 0 Å². The molecule has 0 aliphatic carbocycles. The van der Waals surface area contributed by atoms with E-state index in [1.165, 1.54) is 9.79 Å². The Kier molecular flexibility index (Phi) is 4.42. The fourth-order valence-corrected chi connectivity index (χ4v) is 2.30. The quantitative estimate of drug-likeness (QED) is 0.879. The Morgan fingerprint density at radius 3 is 2.18 bits per heavy atom. The van der Waals surface area contributed by atoms with Crippen molar-refractivity contribution in [2.45, 2.75) is 9.79 Å². The summed E-state index contributed by atoms with van der Waals surface area (Å²) in [6.45, 7) is 0.0838. The summed E-state index contributed by atoms with van der Waals surface area (Å²) in [6.07, 6.45) is 3.65. The third-order valence-corrected chi connectivity index (χ3v) is 3.29. The average Bonchev–Trinajstić information content (AvgIpc) is 2.39. The molecule has 17 heavy (non-hydrogen) atoms. The fourth-order valence-electron chi connectivity index (χ4n) is 1.46. The molecule has 1 N–H and O–H groups in total. The Labute approximate surface area is 106 Å². The Morgan fingerprint density at radius 1 is 0.882 bits per heavy atom. The smallest absolute Gasteiger partial charge is 0.0615 e. The second-order valence-corrected chi connectivity index (χ2v) is 4.72. The molecule has 0 amide bonds. The second kappa shape index (κ2) is 6.28. The van der Waals surface area contributed by atoms with Gasteiger partial charge in [-0.05, 0) is 29.8 Å². The third kappa shape index (κ3) is 3.77. The largest absolute Gasteiger partial charge is 0.392 e. The van der Waals surface area contributed by atoms with Gasteiger partial charge in [-0.1, -0.05) is 54.2 Å². The molecule has 0 atom stereocenters. The molecule has 0 aliphatic heterocycles. The molecule has 0 aliphatic rings. The normalized spacial score (nSPS) is 10.9. The Hall–Kier alpha value is -1.51. The SMILES string of the molecule is OCC=Cc1ccc(Sc2ccccc2)cc1. The Morgan fingerprint density at radius 2 is 1.53 bits per heavy atom. The second-order valence-electron chi connectivity index (χ2n) is 3.57. The van der Waals surface area contributed by atoms with Gasteiger partial charge in [-0.3, -0.25) is 0 Å². The highest BCUT2D eigenvalue weighted by atomic mass is 32.2. The van der Waals surface area contributed by atoms with Crippen LogP contribution in [-0.4, -0.2) is 11.7 Å². The zero-order valence-electron chi connectivity index (χ0n) is 9.41. The van der Waals surface area contributed by atoms with Gasteiger partial charge in [-0.15, -0.1) is 0 Å². The summed E-state index contributed by atoms with van der Waals surface area (Å²) in [5.74, 6) is 0. The van der Waals surface area contributed by atoms with E-state index < -0.39 is 0 Å². The van der Waals surface area contributed by atoms with Crippen LogP contribution in [0.2, 0.25) is 0 Å². The molecule has 0 spiro atoms. The lowest BCUT2D eigenvalue weighted by Crippen LogP contribution is -1.76. The van der Waals surface area contributed by atoms with Crippen molar-refractivity contribution >= 4 is 17.8 Å². The number of aliphatic hydroxyl groups excluding tert-OH is 1. The third-order valence-electron chi connectivity index (χ3n) is 2.27. The molecule has 0 heterocycles. The highest BCUT2D eigenvalue weighted by Gasteiger charge is 1.95. The van der Waals surface area contributed by atoms with Gasteiger partial charge in [-0.2, -0.15) is 0 Å². The molecule has 2 aromatic rings. The Balaban J connectivity index is 2.06. The lowest BCUT2D eigenvalue weighted by molar-refractivity contribution is 0.343.